The van der Waals surface area contributed by atoms with Crippen molar-refractivity contribution in [2.24, 2.45) is 4.99 Å². The number of thiazole rings is 1. The first-order valence-electron chi connectivity index (χ1n) is 10.4. The summed E-state index contributed by atoms with van der Waals surface area (Å²) in [4.78, 5) is 30.0. The highest BCUT2D eigenvalue weighted by molar-refractivity contribution is 7.16. The van der Waals surface area contributed by atoms with Crippen LogP contribution in [-0.2, 0) is 11.3 Å². The van der Waals surface area contributed by atoms with E-state index in [1.54, 1.807) is 49.4 Å². The monoisotopic (exact) mass is 458 g/mol. The Hall–Kier alpha value is -3.97. The summed E-state index contributed by atoms with van der Waals surface area (Å²) in [6, 6.07) is 21.6. The van der Waals surface area contributed by atoms with Gasteiger partial charge >= 0.3 is 5.97 Å². The van der Waals surface area contributed by atoms with E-state index < -0.39 is 0 Å². The maximum atomic E-state index is 13.0. The normalized spacial score (nSPS) is 11.4. The van der Waals surface area contributed by atoms with Crippen LogP contribution in [0.2, 0.25) is 0 Å². The Bertz CT molecular complexity index is 1390. The number of hydrogen-bond donors (Lipinski definition) is 0. The highest BCUT2D eigenvalue weighted by Crippen LogP contribution is 2.23. The molecule has 1 heterocycles. The van der Waals surface area contributed by atoms with E-state index in [9.17, 15) is 9.59 Å². The van der Waals surface area contributed by atoms with E-state index in [1.165, 1.54) is 11.3 Å². The van der Waals surface area contributed by atoms with Crippen LogP contribution in [0, 0.1) is 0 Å². The minimum Gasteiger partial charge on any atom is -0.462 e. The van der Waals surface area contributed by atoms with E-state index in [0.717, 1.165) is 10.2 Å². The summed E-state index contributed by atoms with van der Waals surface area (Å²) in [5, 5.41) is 0. The molecule has 3 aromatic carbocycles. The Labute approximate surface area is 195 Å². The molecule has 0 fully saturated rings. The third-order valence-electron chi connectivity index (χ3n) is 4.76. The van der Waals surface area contributed by atoms with E-state index in [2.05, 4.69) is 11.6 Å². The molecule has 0 atom stereocenters. The number of ether oxygens (including phenoxy) is 2. The molecule has 0 unspecified atom stereocenters. The molecular weight excluding hydrogens is 436 g/mol. The average Bonchev–Trinajstić information content (AvgIpc) is 3.16. The fraction of sp³-hybridized carbons (Fsp3) is 0.115. The minimum absolute atomic E-state index is 0.305. The van der Waals surface area contributed by atoms with Gasteiger partial charge in [0.2, 0.25) is 0 Å². The lowest BCUT2D eigenvalue weighted by Crippen LogP contribution is -2.16. The molecule has 7 heteroatoms. The summed E-state index contributed by atoms with van der Waals surface area (Å²) in [6.07, 6.45) is 1.74. The Balaban J connectivity index is 1.69. The number of para-hydroxylation sites is 1. The predicted octanol–water partition coefficient (Wildman–Crippen LogP) is 5.60. The number of carbonyl (C=O) groups is 2. The standard InChI is InChI=1S/C26H22N2O4S/c1-3-15-28-22-14-13-19(25(30)31-4-2)17-23(22)33-26(28)27-24(29)18-9-8-12-21(16-18)32-20-10-6-5-7-11-20/h3,5-14,16-17H,1,4,15H2,2H3. The van der Waals surface area contributed by atoms with Crippen molar-refractivity contribution < 1.29 is 19.1 Å². The predicted molar refractivity (Wildman–Crippen MR) is 129 cm³/mol. The van der Waals surface area contributed by atoms with Crippen LogP contribution in [0.4, 0.5) is 0 Å². The number of carbonyl (C=O) groups excluding carboxylic acids is 2. The SMILES string of the molecule is C=CCn1c(=NC(=O)c2cccc(Oc3ccccc3)c2)sc2cc(C(=O)OCC)ccc21. The Morgan fingerprint density at radius 3 is 2.55 bits per heavy atom. The van der Waals surface area contributed by atoms with Gasteiger partial charge in [0.05, 0.1) is 22.4 Å². The summed E-state index contributed by atoms with van der Waals surface area (Å²) < 4.78 is 13.6. The second-order valence-corrected chi connectivity index (χ2v) is 8.06. The third-order valence-corrected chi connectivity index (χ3v) is 5.80. The average molecular weight is 459 g/mol. The molecule has 4 rings (SSSR count). The van der Waals surface area contributed by atoms with Crippen LogP contribution >= 0.6 is 11.3 Å². The van der Waals surface area contributed by atoms with Gasteiger partial charge in [0.1, 0.15) is 11.5 Å². The topological polar surface area (TPSA) is 69.9 Å². The zero-order chi connectivity index (χ0) is 23.2. The van der Waals surface area contributed by atoms with Crippen LogP contribution < -0.4 is 9.54 Å². The molecule has 166 valence electrons. The van der Waals surface area contributed by atoms with Gasteiger partial charge in [-0.15, -0.1) is 6.58 Å². The van der Waals surface area contributed by atoms with Crippen LogP contribution in [0.3, 0.4) is 0 Å². The first kappa shape index (κ1) is 22.2. The number of amides is 1. The van der Waals surface area contributed by atoms with Crippen LogP contribution in [0.1, 0.15) is 27.6 Å². The molecule has 0 aliphatic carbocycles. The number of hydrogen-bond acceptors (Lipinski definition) is 5. The summed E-state index contributed by atoms with van der Waals surface area (Å²) in [5.74, 6) is 0.470. The zero-order valence-corrected chi connectivity index (χ0v) is 18.9. The van der Waals surface area contributed by atoms with Gasteiger partial charge in [-0.05, 0) is 55.5 Å². The van der Waals surface area contributed by atoms with Gasteiger partial charge in [0, 0.05) is 12.1 Å². The molecule has 6 nitrogen and oxygen atoms in total. The quantitative estimate of drug-likeness (QED) is 0.267. The Morgan fingerprint density at radius 1 is 1.00 bits per heavy atom. The largest absolute Gasteiger partial charge is 0.462 e. The number of benzene rings is 3. The van der Waals surface area contributed by atoms with E-state index in [0.29, 0.717) is 40.6 Å². The number of aromatic nitrogens is 1. The number of allylic oxidation sites excluding steroid dienone is 1. The fourth-order valence-electron chi connectivity index (χ4n) is 3.27. The van der Waals surface area contributed by atoms with Gasteiger partial charge in [0.25, 0.3) is 5.91 Å². The molecular formula is C26H22N2O4S. The van der Waals surface area contributed by atoms with Crippen molar-refractivity contribution in [3.63, 3.8) is 0 Å². The first-order valence-corrected chi connectivity index (χ1v) is 11.2. The summed E-state index contributed by atoms with van der Waals surface area (Å²) in [7, 11) is 0. The number of rotatable bonds is 7. The number of nitrogens with zero attached hydrogens (tertiary/aromatic N) is 2. The van der Waals surface area contributed by atoms with Crippen molar-refractivity contribution >= 4 is 33.4 Å². The van der Waals surface area contributed by atoms with Crippen LogP contribution in [-0.4, -0.2) is 23.1 Å². The Morgan fingerprint density at radius 2 is 1.79 bits per heavy atom. The lowest BCUT2D eigenvalue weighted by Gasteiger charge is -2.06. The molecule has 0 spiro atoms. The van der Waals surface area contributed by atoms with Crippen molar-refractivity contribution in [3.8, 4) is 11.5 Å². The molecule has 33 heavy (non-hydrogen) atoms. The summed E-state index contributed by atoms with van der Waals surface area (Å²) >= 11 is 1.33. The van der Waals surface area contributed by atoms with Crippen molar-refractivity contribution in [3.05, 3.63) is 101 Å². The number of esters is 1. The Kier molecular flexibility index (Phi) is 6.80. The van der Waals surface area contributed by atoms with Crippen molar-refractivity contribution in [2.75, 3.05) is 6.61 Å². The lowest BCUT2D eigenvalue weighted by molar-refractivity contribution is 0.0526. The smallest absolute Gasteiger partial charge is 0.338 e. The second kappa shape index (κ2) is 10.1. The van der Waals surface area contributed by atoms with Gasteiger partial charge in [-0.2, -0.15) is 4.99 Å². The van der Waals surface area contributed by atoms with E-state index in [4.69, 9.17) is 9.47 Å². The van der Waals surface area contributed by atoms with Gasteiger partial charge in [-0.1, -0.05) is 41.7 Å². The lowest BCUT2D eigenvalue weighted by atomic mass is 10.2. The van der Waals surface area contributed by atoms with E-state index in [-0.39, 0.29) is 11.9 Å². The molecule has 0 bridgehead atoms. The summed E-state index contributed by atoms with van der Waals surface area (Å²) in [6.45, 7) is 6.35. The van der Waals surface area contributed by atoms with Crippen LogP contribution in [0.25, 0.3) is 10.2 Å². The molecule has 1 aromatic heterocycles. The fourth-order valence-corrected chi connectivity index (χ4v) is 4.35. The highest BCUT2D eigenvalue weighted by Gasteiger charge is 2.13. The van der Waals surface area contributed by atoms with Gasteiger partial charge in [-0.3, -0.25) is 4.79 Å². The summed E-state index contributed by atoms with van der Waals surface area (Å²) in [5.41, 5.74) is 1.74. The van der Waals surface area contributed by atoms with Crippen molar-refractivity contribution in [1.82, 2.24) is 4.57 Å². The van der Waals surface area contributed by atoms with Crippen LogP contribution in [0.5, 0.6) is 11.5 Å². The van der Waals surface area contributed by atoms with E-state index in [1.807, 2.05) is 41.0 Å². The molecule has 0 aliphatic rings. The molecule has 0 aliphatic heterocycles. The molecule has 1 amide bonds. The van der Waals surface area contributed by atoms with Crippen LogP contribution in [0.15, 0.2) is 90.4 Å². The first-order chi connectivity index (χ1) is 16.1. The van der Waals surface area contributed by atoms with Gasteiger partial charge in [0.15, 0.2) is 4.80 Å². The maximum absolute atomic E-state index is 13.0. The maximum Gasteiger partial charge on any atom is 0.338 e. The highest BCUT2D eigenvalue weighted by atomic mass is 32.1. The molecule has 0 N–H and O–H groups in total. The molecule has 4 aromatic rings. The number of fused-ring (bicyclic) bond motifs is 1. The van der Waals surface area contributed by atoms with Crippen molar-refractivity contribution in [1.29, 1.82) is 0 Å². The van der Waals surface area contributed by atoms with Crippen molar-refractivity contribution in [2.45, 2.75) is 13.5 Å². The molecule has 0 radical (unpaired) electrons. The molecule has 0 saturated heterocycles. The van der Waals surface area contributed by atoms with Gasteiger partial charge in [-0.25, -0.2) is 4.79 Å². The zero-order valence-electron chi connectivity index (χ0n) is 18.1. The van der Waals surface area contributed by atoms with Gasteiger partial charge < -0.3 is 14.0 Å². The third kappa shape index (κ3) is 5.10. The second-order valence-electron chi connectivity index (χ2n) is 7.05. The minimum atomic E-state index is -0.386. The van der Waals surface area contributed by atoms with E-state index >= 15 is 0 Å². The molecule has 0 saturated carbocycles.